The predicted molar refractivity (Wildman–Crippen MR) is 169 cm³/mol. The van der Waals surface area contributed by atoms with E-state index >= 15 is 0 Å². The molecule has 0 saturated carbocycles. The predicted octanol–water partition coefficient (Wildman–Crippen LogP) is 3.18. The van der Waals surface area contributed by atoms with E-state index in [9.17, 15) is 29.4 Å². The molecule has 0 unspecified atom stereocenters. The maximum absolute atomic E-state index is 14.1. The monoisotopic (exact) mass is 627 g/mol. The lowest BCUT2D eigenvalue weighted by Crippen LogP contribution is -2.58. The number of phenols is 1. The van der Waals surface area contributed by atoms with Crippen molar-refractivity contribution in [2.45, 2.75) is 44.0 Å². The molecule has 12 nitrogen and oxygen atoms in total. The van der Waals surface area contributed by atoms with Crippen LogP contribution in [-0.4, -0.2) is 86.1 Å². The molecule has 4 aromatic rings. The fraction of sp³-hybridized carbons (Fsp3) is 0.265. The number of ether oxygens (including phenoxy) is 1. The number of H-pyrrole nitrogens is 1. The fourth-order valence-electron chi connectivity index (χ4n) is 4.98. The first-order valence-corrected chi connectivity index (χ1v) is 14.6. The summed E-state index contributed by atoms with van der Waals surface area (Å²) in [7, 11) is 2.83. The first kappa shape index (κ1) is 33.2. The highest BCUT2D eigenvalue weighted by Crippen LogP contribution is 2.18. The van der Waals surface area contributed by atoms with Crippen molar-refractivity contribution >= 4 is 23.9 Å². The Labute approximate surface area is 266 Å². The number of amides is 3. The molecular weight excluding hydrogens is 590 g/mol. The molecule has 0 saturated heterocycles. The largest absolute Gasteiger partial charge is 0.508 e. The molecule has 0 bridgehead atoms. The maximum Gasteiger partial charge on any atom is 0.408 e. The van der Waals surface area contributed by atoms with Crippen LogP contribution in [-0.2, 0) is 45.0 Å². The molecule has 1 aromatic heterocycles. The minimum atomic E-state index is -1.22. The van der Waals surface area contributed by atoms with Gasteiger partial charge >= 0.3 is 12.1 Å². The van der Waals surface area contributed by atoms with Gasteiger partial charge in [0.2, 0.25) is 11.8 Å². The molecule has 0 radical (unpaired) electrons. The lowest BCUT2D eigenvalue weighted by Gasteiger charge is -2.35. The highest BCUT2D eigenvalue weighted by atomic mass is 16.5. The lowest BCUT2D eigenvalue weighted by molar-refractivity contribution is -0.153. The summed E-state index contributed by atoms with van der Waals surface area (Å²) in [5.74, 6) is -2.39. The number of likely N-dealkylation sites (N-methyl/N-ethyl adjacent to an activating group) is 2. The van der Waals surface area contributed by atoms with Gasteiger partial charge < -0.3 is 35.1 Å². The first-order valence-electron chi connectivity index (χ1n) is 14.6. The second kappa shape index (κ2) is 15.9. The standard InChI is InChI=1S/C34H37N5O7/c1-38(31(41)28(19-26-20-35-22-36-26)37-34(45)46-21-25-11-7-4-8-12-25)29(17-24-13-15-27(40)16-14-24)32(42)39(2)30(33(43)44)18-23-9-5-3-6-10-23/h3-16,20,22,28-30,40H,17-19,21H2,1-2H3,(H,35,36)(H,37,45)(H,43,44)/t28-,29-,30-/m0/s1. The molecule has 12 heteroatoms. The fourth-order valence-corrected chi connectivity index (χ4v) is 4.98. The Hall–Kier alpha value is -5.65. The van der Waals surface area contributed by atoms with Crippen molar-refractivity contribution in [1.29, 1.82) is 0 Å². The number of hydrogen-bond donors (Lipinski definition) is 4. The van der Waals surface area contributed by atoms with Crippen molar-refractivity contribution in [1.82, 2.24) is 25.1 Å². The molecule has 0 aliphatic heterocycles. The van der Waals surface area contributed by atoms with Crippen LogP contribution in [0.5, 0.6) is 5.75 Å². The molecule has 0 spiro atoms. The van der Waals surface area contributed by atoms with Gasteiger partial charge in [-0.2, -0.15) is 0 Å². The number of carbonyl (C=O) groups excluding carboxylic acids is 3. The van der Waals surface area contributed by atoms with Crippen LogP contribution in [0.4, 0.5) is 4.79 Å². The zero-order chi connectivity index (χ0) is 33.1. The third-order valence-electron chi connectivity index (χ3n) is 7.62. The summed E-state index contributed by atoms with van der Waals surface area (Å²) in [5, 5.41) is 22.5. The summed E-state index contributed by atoms with van der Waals surface area (Å²) in [4.78, 5) is 62.7. The zero-order valence-electron chi connectivity index (χ0n) is 25.6. The van der Waals surface area contributed by atoms with Gasteiger partial charge in [-0.1, -0.05) is 72.8 Å². The summed E-state index contributed by atoms with van der Waals surface area (Å²) in [6, 6.07) is 20.6. The van der Waals surface area contributed by atoms with Crippen molar-refractivity contribution in [3.8, 4) is 5.75 Å². The molecule has 0 aliphatic carbocycles. The number of nitrogens with zero attached hydrogens (tertiary/aromatic N) is 3. The molecule has 0 aliphatic rings. The molecular formula is C34H37N5O7. The highest BCUT2D eigenvalue weighted by Gasteiger charge is 2.37. The number of benzene rings is 3. The minimum Gasteiger partial charge on any atom is -0.508 e. The van der Waals surface area contributed by atoms with E-state index < -0.39 is 42.0 Å². The first-order chi connectivity index (χ1) is 22.1. The average molecular weight is 628 g/mol. The number of imidazole rings is 1. The van der Waals surface area contributed by atoms with Crippen LogP contribution in [0.3, 0.4) is 0 Å². The van der Waals surface area contributed by atoms with E-state index in [2.05, 4.69) is 15.3 Å². The Morgan fingerprint density at radius 1 is 0.783 bits per heavy atom. The van der Waals surface area contributed by atoms with Gasteiger partial charge in [0.1, 0.15) is 30.5 Å². The van der Waals surface area contributed by atoms with Crippen LogP contribution < -0.4 is 5.32 Å². The van der Waals surface area contributed by atoms with Crippen molar-refractivity contribution < 1.29 is 34.1 Å². The van der Waals surface area contributed by atoms with E-state index in [1.54, 1.807) is 48.5 Å². The summed E-state index contributed by atoms with van der Waals surface area (Å²) >= 11 is 0. The van der Waals surface area contributed by atoms with Crippen molar-refractivity contribution in [2.75, 3.05) is 14.1 Å². The zero-order valence-corrected chi connectivity index (χ0v) is 25.6. The van der Waals surface area contributed by atoms with E-state index in [-0.39, 0.29) is 31.6 Å². The molecule has 1 heterocycles. The number of hydrogen-bond acceptors (Lipinski definition) is 7. The highest BCUT2D eigenvalue weighted by molar-refractivity contribution is 5.93. The summed E-state index contributed by atoms with van der Waals surface area (Å²) in [5.41, 5.74) is 2.67. The molecule has 3 amide bonds. The van der Waals surface area contributed by atoms with Crippen LogP contribution in [0.1, 0.15) is 22.4 Å². The molecule has 4 N–H and O–H groups in total. The van der Waals surface area contributed by atoms with E-state index in [0.717, 1.165) is 16.0 Å². The quantitative estimate of drug-likeness (QED) is 0.166. The van der Waals surface area contributed by atoms with Gasteiger partial charge in [-0.15, -0.1) is 0 Å². The molecule has 3 aromatic carbocycles. The van der Waals surface area contributed by atoms with Gasteiger partial charge in [0.15, 0.2) is 0 Å². The van der Waals surface area contributed by atoms with Crippen LogP contribution in [0.25, 0.3) is 0 Å². The van der Waals surface area contributed by atoms with Crippen LogP contribution >= 0.6 is 0 Å². The smallest absolute Gasteiger partial charge is 0.408 e. The Kier molecular flexibility index (Phi) is 11.5. The molecule has 4 rings (SSSR count). The average Bonchev–Trinajstić information content (AvgIpc) is 3.58. The summed E-state index contributed by atoms with van der Waals surface area (Å²) in [6.07, 6.45) is 2.22. The Bertz CT molecular complexity index is 1580. The third-order valence-corrected chi connectivity index (χ3v) is 7.62. The normalized spacial score (nSPS) is 12.7. The van der Waals surface area contributed by atoms with Gasteiger partial charge in [0, 0.05) is 45.2 Å². The number of carboxylic acids is 1. The Morgan fingerprint density at radius 2 is 1.35 bits per heavy atom. The Morgan fingerprint density at radius 3 is 1.93 bits per heavy atom. The van der Waals surface area contributed by atoms with E-state index in [1.807, 2.05) is 24.3 Å². The summed E-state index contributed by atoms with van der Waals surface area (Å²) in [6.45, 7) is -0.0156. The minimum absolute atomic E-state index is 0.0125. The van der Waals surface area contributed by atoms with Crippen LogP contribution in [0.15, 0.2) is 97.5 Å². The van der Waals surface area contributed by atoms with Crippen molar-refractivity contribution in [3.63, 3.8) is 0 Å². The number of rotatable bonds is 14. The van der Waals surface area contributed by atoms with E-state index in [1.165, 1.54) is 43.7 Å². The van der Waals surface area contributed by atoms with E-state index in [0.29, 0.717) is 11.3 Å². The number of phenolic OH excluding ortho intramolecular Hbond substituents is 1. The number of aliphatic carboxylic acids is 1. The van der Waals surface area contributed by atoms with Crippen LogP contribution in [0, 0.1) is 0 Å². The second-order valence-electron chi connectivity index (χ2n) is 10.9. The number of carbonyl (C=O) groups is 4. The van der Waals surface area contributed by atoms with Gasteiger partial charge in [-0.25, -0.2) is 14.6 Å². The van der Waals surface area contributed by atoms with Gasteiger partial charge in [-0.05, 0) is 28.8 Å². The van der Waals surface area contributed by atoms with E-state index in [4.69, 9.17) is 4.74 Å². The molecule has 0 fully saturated rings. The SMILES string of the molecule is CN(C(=O)[C@H](Cc1cnc[nH]1)NC(=O)OCc1ccccc1)[C@@H](Cc1ccc(O)cc1)C(=O)N(C)[C@@H](Cc1ccccc1)C(=O)O. The van der Waals surface area contributed by atoms with Gasteiger partial charge in [-0.3, -0.25) is 9.59 Å². The van der Waals surface area contributed by atoms with Gasteiger partial charge in [0.05, 0.1) is 6.33 Å². The third kappa shape index (κ3) is 9.18. The Balaban J connectivity index is 1.59. The topological polar surface area (TPSA) is 165 Å². The molecule has 3 atom stereocenters. The summed E-state index contributed by atoms with van der Waals surface area (Å²) < 4.78 is 5.36. The maximum atomic E-state index is 14.1. The molecule has 240 valence electrons. The number of alkyl carbamates (subject to hydrolysis) is 1. The second-order valence-corrected chi connectivity index (χ2v) is 10.9. The van der Waals surface area contributed by atoms with Crippen LogP contribution in [0.2, 0.25) is 0 Å². The van der Waals surface area contributed by atoms with Crippen molar-refractivity contribution in [2.24, 2.45) is 0 Å². The molecule has 46 heavy (non-hydrogen) atoms. The van der Waals surface area contributed by atoms with Gasteiger partial charge in [0.25, 0.3) is 0 Å². The number of aromatic hydroxyl groups is 1. The van der Waals surface area contributed by atoms with Crippen molar-refractivity contribution in [3.05, 3.63) is 120 Å². The lowest BCUT2D eigenvalue weighted by atomic mass is 9.99. The number of carboxylic acid groups (broad SMARTS) is 1. The number of aromatic amines is 1. The number of nitrogens with one attached hydrogen (secondary N) is 2. The number of aromatic nitrogens is 2.